The Labute approximate surface area is 215 Å². The second kappa shape index (κ2) is 11.3. The maximum absolute atomic E-state index is 13.1. The highest BCUT2D eigenvalue weighted by Crippen LogP contribution is 2.32. The van der Waals surface area contributed by atoms with E-state index in [2.05, 4.69) is 52.3 Å². The van der Waals surface area contributed by atoms with Crippen LogP contribution in [0, 0.1) is 0 Å². The Morgan fingerprint density at radius 2 is 1.64 bits per heavy atom. The highest BCUT2D eigenvalue weighted by molar-refractivity contribution is 5.83. The largest absolute Gasteiger partial charge is 0.493 e. The number of ether oxygens (including phenoxy) is 2. The number of carbonyl (C=O) groups is 1. The number of nitrogens with zero attached hydrogens (tertiary/aromatic N) is 2. The van der Waals surface area contributed by atoms with Crippen LogP contribution in [0.4, 0.5) is 0 Å². The summed E-state index contributed by atoms with van der Waals surface area (Å²) in [6.45, 7) is 3.85. The summed E-state index contributed by atoms with van der Waals surface area (Å²) in [6.07, 6.45) is 7.21. The third kappa shape index (κ3) is 5.52. The Bertz CT molecular complexity index is 1210. The number of fused-ring (bicyclic) bond motifs is 2. The van der Waals surface area contributed by atoms with Gasteiger partial charge in [0.05, 0.1) is 20.6 Å². The molecule has 5 nitrogen and oxygen atoms in total. The Hall–Kier alpha value is -3.05. The molecule has 2 heterocycles. The first-order valence-corrected chi connectivity index (χ1v) is 13.4. The molecule has 0 aromatic heterocycles. The number of hydrogen-bond acceptors (Lipinski definition) is 4. The molecule has 0 bridgehead atoms. The van der Waals surface area contributed by atoms with Crippen LogP contribution in [0.1, 0.15) is 42.4 Å². The number of rotatable bonds is 8. The van der Waals surface area contributed by atoms with Crippen molar-refractivity contribution in [3.8, 4) is 11.5 Å². The molecule has 0 aliphatic carbocycles. The van der Waals surface area contributed by atoms with Gasteiger partial charge in [0.25, 0.3) is 0 Å². The van der Waals surface area contributed by atoms with E-state index in [-0.39, 0.29) is 5.91 Å². The summed E-state index contributed by atoms with van der Waals surface area (Å²) in [5.41, 5.74) is 3.66. The molecule has 2 aliphatic rings. The Morgan fingerprint density at radius 1 is 0.861 bits per heavy atom. The maximum atomic E-state index is 13.1. The summed E-state index contributed by atoms with van der Waals surface area (Å²) < 4.78 is 10.9. The minimum Gasteiger partial charge on any atom is -0.493 e. The van der Waals surface area contributed by atoms with Gasteiger partial charge in [-0.05, 0) is 78.2 Å². The van der Waals surface area contributed by atoms with E-state index in [1.54, 1.807) is 14.2 Å². The average Bonchev–Trinajstić information content (AvgIpc) is 3.07. The van der Waals surface area contributed by atoms with E-state index in [0.717, 1.165) is 56.8 Å². The summed E-state index contributed by atoms with van der Waals surface area (Å²) in [4.78, 5) is 17.9. The van der Waals surface area contributed by atoms with Crippen LogP contribution >= 0.6 is 0 Å². The van der Waals surface area contributed by atoms with Gasteiger partial charge in [-0.3, -0.25) is 9.69 Å². The minimum absolute atomic E-state index is 0.222. The fourth-order valence-electron chi connectivity index (χ4n) is 5.90. The van der Waals surface area contributed by atoms with Crippen LogP contribution in [0.15, 0.2) is 54.6 Å². The molecule has 2 aliphatic heterocycles. The van der Waals surface area contributed by atoms with Gasteiger partial charge in [0.15, 0.2) is 11.5 Å². The first kappa shape index (κ1) is 24.6. The van der Waals surface area contributed by atoms with Gasteiger partial charge >= 0.3 is 0 Å². The fourth-order valence-corrected chi connectivity index (χ4v) is 5.90. The normalized spacial score (nSPS) is 18.7. The van der Waals surface area contributed by atoms with Crippen molar-refractivity contribution in [3.63, 3.8) is 0 Å². The molecular weight excluding hydrogens is 448 g/mol. The molecule has 0 spiro atoms. The van der Waals surface area contributed by atoms with Crippen LogP contribution < -0.4 is 9.47 Å². The standard InChI is InChI=1S/C31H38N2O3/c1-35-29-20-26-13-17-33(31(34)22-27(26)21-30(29)36-2)18-14-28-9-5-6-15-32(28)16-12-23-10-11-24-7-3-4-8-25(24)19-23/h3-4,7-8,10-11,19-21,28H,5-6,9,12-18,22H2,1-2H3. The summed E-state index contributed by atoms with van der Waals surface area (Å²) in [5.74, 6) is 1.66. The lowest BCUT2D eigenvalue weighted by Gasteiger charge is -2.37. The topological polar surface area (TPSA) is 42.0 Å². The van der Waals surface area contributed by atoms with Gasteiger partial charge in [-0.1, -0.05) is 48.9 Å². The van der Waals surface area contributed by atoms with Crippen LogP contribution in [0.3, 0.4) is 0 Å². The van der Waals surface area contributed by atoms with Crippen molar-refractivity contribution in [2.75, 3.05) is 40.4 Å². The third-order valence-corrected chi connectivity index (χ3v) is 8.03. The second-order valence-electron chi connectivity index (χ2n) is 10.2. The van der Waals surface area contributed by atoms with Crippen molar-refractivity contribution in [1.29, 1.82) is 0 Å². The summed E-state index contributed by atoms with van der Waals surface area (Å²) in [6, 6.07) is 20.0. The number of piperidine rings is 1. The highest BCUT2D eigenvalue weighted by Gasteiger charge is 2.26. The predicted octanol–water partition coefficient (Wildman–Crippen LogP) is 5.27. The molecule has 0 radical (unpaired) electrons. The molecule has 1 unspecified atom stereocenters. The van der Waals surface area contributed by atoms with Crippen molar-refractivity contribution in [2.24, 2.45) is 0 Å². The van der Waals surface area contributed by atoms with Crippen molar-refractivity contribution in [1.82, 2.24) is 9.80 Å². The van der Waals surface area contributed by atoms with Crippen LogP contribution in [-0.2, 0) is 24.1 Å². The second-order valence-corrected chi connectivity index (χ2v) is 10.2. The molecule has 1 amide bonds. The van der Waals surface area contributed by atoms with Gasteiger partial charge in [-0.25, -0.2) is 0 Å². The predicted molar refractivity (Wildman–Crippen MR) is 145 cm³/mol. The van der Waals surface area contributed by atoms with Gasteiger partial charge in [-0.15, -0.1) is 0 Å². The van der Waals surface area contributed by atoms with Crippen LogP contribution in [0.25, 0.3) is 10.8 Å². The first-order valence-electron chi connectivity index (χ1n) is 13.4. The van der Waals surface area contributed by atoms with Gasteiger partial charge in [0.1, 0.15) is 0 Å². The zero-order valence-corrected chi connectivity index (χ0v) is 21.7. The van der Waals surface area contributed by atoms with E-state index >= 15 is 0 Å². The van der Waals surface area contributed by atoms with Crippen molar-refractivity contribution >= 4 is 16.7 Å². The van der Waals surface area contributed by atoms with E-state index in [0.29, 0.717) is 18.2 Å². The molecule has 5 rings (SSSR count). The van der Waals surface area contributed by atoms with Crippen molar-refractivity contribution in [2.45, 2.75) is 51.0 Å². The van der Waals surface area contributed by atoms with Crippen molar-refractivity contribution in [3.05, 3.63) is 71.3 Å². The molecular formula is C31H38N2O3. The lowest BCUT2D eigenvalue weighted by molar-refractivity contribution is -0.130. The third-order valence-electron chi connectivity index (χ3n) is 8.03. The van der Waals surface area contributed by atoms with E-state index in [1.165, 1.54) is 41.2 Å². The fraction of sp³-hybridized carbons (Fsp3) is 0.452. The number of carbonyl (C=O) groups excluding carboxylic acids is 1. The Balaban J connectivity index is 1.19. The highest BCUT2D eigenvalue weighted by atomic mass is 16.5. The van der Waals surface area contributed by atoms with E-state index in [4.69, 9.17) is 9.47 Å². The van der Waals surface area contributed by atoms with Gasteiger partial charge < -0.3 is 14.4 Å². The average molecular weight is 487 g/mol. The SMILES string of the molecule is COc1cc2c(cc1OC)CC(=O)N(CCC1CCCCN1CCc1ccc3ccccc3c1)CC2. The molecule has 36 heavy (non-hydrogen) atoms. The maximum Gasteiger partial charge on any atom is 0.227 e. The quantitative estimate of drug-likeness (QED) is 0.435. The van der Waals surface area contributed by atoms with Crippen molar-refractivity contribution < 1.29 is 14.3 Å². The lowest BCUT2D eigenvalue weighted by atomic mass is 9.97. The lowest BCUT2D eigenvalue weighted by Crippen LogP contribution is -2.43. The summed E-state index contributed by atoms with van der Waals surface area (Å²) >= 11 is 0. The van der Waals surface area contributed by atoms with E-state index in [1.807, 2.05) is 12.1 Å². The molecule has 190 valence electrons. The van der Waals surface area contributed by atoms with Crippen LogP contribution in [-0.4, -0.2) is 62.1 Å². The number of methoxy groups -OCH3 is 2. The van der Waals surface area contributed by atoms with E-state index in [9.17, 15) is 4.79 Å². The molecule has 3 aromatic rings. The van der Waals surface area contributed by atoms with Crippen LogP contribution in [0.5, 0.6) is 11.5 Å². The van der Waals surface area contributed by atoms with Gasteiger partial charge in [0.2, 0.25) is 5.91 Å². The minimum atomic E-state index is 0.222. The molecule has 0 saturated carbocycles. The Morgan fingerprint density at radius 3 is 2.44 bits per heavy atom. The van der Waals surface area contributed by atoms with Crippen LogP contribution in [0.2, 0.25) is 0 Å². The molecule has 1 atom stereocenters. The number of likely N-dealkylation sites (tertiary alicyclic amines) is 1. The molecule has 1 saturated heterocycles. The molecule has 3 aromatic carbocycles. The monoisotopic (exact) mass is 486 g/mol. The van der Waals surface area contributed by atoms with Gasteiger partial charge in [0, 0.05) is 25.7 Å². The summed E-state index contributed by atoms with van der Waals surface area (Å²) in [5, 5.41) is 2.62. The molecule has 0 N–H and O–H groups in total. The molecule has 5 heteroatoms. The summed E-state index contributed by atoms with van der Waals surface area (Å²) in [7, 11) is 3.30. The number of amides is 1. The number of benzene rings is 3. The van der Waals surface area contributed by atoms with E-state index < -0.39 is 0 Å². The first-order chi connectivity index (χ1) is 17.6. The zero-order valence-electron chi connectivity index (χ0n) is 21.7. The molecule has 1 fully saturated rings. The number of hydrogen-bond donors (Lipinski definition) is 0. The Kier molecular flexibility index (Phi) is 7.76. The van der Waals surface area contributed by atoms with Gasteiger partial charge in [-0.2, -0.15) is 0 Å². The smallest absolute Gasteiger partial charge is 0.227 e. The zero-order chi connectivity index (χ0) is 24.9.